The van der Waals surface area contributed by atoms with Crippen LogP contribution in [0.15, 0.2) is 39.9 Å². The topological polar surface area (TPSA) is 59.3 Å². The fourth-order valence-electron chi connectivity index (χ4n) is 1.65. The van der Waals surface area contributed by atoms with Gasteiger partial charge in [-0.3, -0.25) is 9.20 Å². The SMILES string of the molecule is O=C(NCc1csc(Br)c1)c1cn2cccnc2n1. The molecule has 0 aliphatic carbocycles. The van der Waals surface area contributed by atoms with E-state index in [4.69, 9.17) is 0 Å². The first-order valence-electron chi connectivity index (χ1n) is 5.53. The lowest BCUT2D eigenvalue weighted by molar-refractivity contribution is 0.0946. The first kappa shape index (κ1) is 12.3. The third kappa shape index (κ3) is 2.66. The Labute approximate surface area is 121 Å². The van der Waals surface area contributed by atoms with Crippen molar-refractivity contribution in [1.82, 2.24) is 19.7 Å². The van der Waals surface area contributed by atoms with E-state index in [-0.39, 0.29) is 5.91 Å². The van der Waals surface area contributed by atoms with Gasteiger partial charge in [-0.1, -0.05) is 0 Å². The minimum Gasteiger partial charge on any atom is -0.347 e. The van der Waals surface area contributed by atoms with Gasteiger partial charge >= 0.3 is 0 Å². The van der Waals surface area contributed by atoms with Gasteiger partial charge in [0.1, 0.15) is 5.69 Å². The second kappa shape index (κ2) is 5.10. The van der Waals surface area contributed by atoms with Gasteiger partial charge in [-0.2, -0.15) is 0 Å². The van der Waals surface area contributed by atoms with E-state index in [9.17, 15) is 4.79 Å². The number of halogens is 1. The number of amides is 1. The van der Waals surface area contributed by atoms with Crippen molar-refractivity contribution in [2.24, 2.45) is 0 Å². The highest BCUT2D eigenvalue weighted by Gasteiger charge is 2.10. The number of nitrogens with one attached hydrogen (secondary N) is 1. The Morgan fingerprint density at radius 3 is 3.16 bits per heavy atom. The molecule has 0 spiro atoms. The molecule has 1 amide bonds. The predicted molar refractivity (Wildman–Crippen MR) is 76.2 cm³/mol. The molecule has 0 aliphatic rings. The maximum absolute atomic E-state index is 12.0. The van der Waals surface area contributed by atoms with Crippen molar-refractivity contribution in [1.29, 1.82) is 0 Å². The molecule has 3 rings (SSSR count). The molecule has 0 aliphatic heterocycles. The zero-order valence-corrected chi connectivity index (χ0v) is 12.1. The normalized spacial score (nSPS) is 10.8. The van der Waals surface area contributed by atoms with E-state index in [1.165, 1.54) is 0 Å². The summed E-state index contributed by atoms with van der Waals surface area (Å²) in [7, 11) is 0. The average Bonchev–Trinajstić information content (AvgIpc) is 3.01. The van der Waals surface area contributed by atoms with Crippen LogP contribution >= 0.6 is 27.3 Å². The van der Waals surface area contributed by atoms with Gasteiger partial charge in [0.05, 0.1) is 3.79 Å². The third-order valence-corrected chi connectivity index (χ3v) is 4.10. The number of carbonyl (C=O) groups is 1. The van der Waals surface area contributed by atoms with Crippen molar-refractivity contribution in [2.45, 2.75) is 6.54 Å². The molecular formula is C12H9BrN4OS. The molecular weight excluding hydrogens is 328 g/mol. The molecule has 3 aromatic rings. The number of rotatable bonds is 3. The minimum absolute atomic E-state index is 0.201. The van der Waals surface area contributed by atoms with E-state index in [0.29, 0.717) is 18.0 Å². The summed E-state index contributed by atoms with van der Waals surface area (Å²) < 4.78 is 2.77. The molecule has 3 heterocycles. The summed E-state index contributed by atoms with van der Waals surface area (Å²) in [6.45, 7) is 0.488. The van der Waals surface area contributed by atoms with E-state index in [2.05, 4.69) is 31.2 Å². The number of hydrogen-bond acceptors (Lipinski definition) is 4. The van der Waals surface area contributed by atoms with Crippen LogP contribution in [0.25, 0.3) is 5.78 Å². The molecule has 19 heavy (non-hydrogen) atoms. The average molecular weight is 337 g/mol. The smallest absolute Gasteiger partial charge is 0.271 e. The second-order valence-electron chi connectivity index (χ2n) is 3.89. The minimum atomic E-state index is -0.201. The zero-order valence-electron chi connectivity index (χ0n) is 9.71. The second-order valence-corrected chi connectivity index (χ2v) is 6.19. The lowest BCUT2D eigenvalue weighted by atomic mass is 10.3. The summed E-state index contributed by atoms with van der Waals surface area (Å²) in [6, 6.07) is 3.77. The maximum Gasteiger partial charge on any atom is 0.271 e. The highest BCUT2D eigenvalue weighted by molar-refractivity contribution is 9.11. The Hall–Kier alpha value is -1.73. The summed E-state index contributed by atoms with van der Waals surface area (Å²) in [5.41, 5.74) is 1.43. The van der Waals surface area contributed by atoms with E-state index < -0.39 is 0 Å². The summed E-state index contributed by atoms with van der Waals surface area (Å²) in [6.07, 6.45) is 5.12. The summed E-state index contributed by atoms with van der Waals surface area (Å²) in [5.74, 6) is 0.318. The molecule has 0 saturated heterocycles. The Morgan fingerprint density at radius 2 is 2.42 bits per heavy atom. The first-order valence-corrected chi connectivity index (χ1v) is 7.20. The molecule has 0 fully saturated rings. The van der Waals surface area contributed by atoms with Crippen molar-refractivity contribution in [3.8, 4) is 0 Å². The predicted octanol–water partition coefficient (Wildman–Crippen LogP) is 2.48. The lowest BCUT2D eigenvalue weighted by Gasteiger charge is -1.99. The van der Waals surface area contributed by atoms with Crippen molar-refractivity contribution >= 4 is 39.0 Å². The maximum atomic E-state index is 12.0. The number of thiophene rings is 1. The summed E-state index contributed by atoms with van der Waals surface area (Å²) >= 11 is 4.98. The molecule has 0 bridgehead atoms. The quantitative estimate of drug-likeness (QED) is 0.799. The van der Waals surface area contributed by atoms with E-state index in [0.717, 1.165) is 9.35 Å². The number of carbonyl (C=O) groups excluding carboxylic acids is 1. The number of imidazole rings is 1. The van der Waals surface area contributed by atoms with Crippen LogP contribution in [-0.4, -0.2) is 20.3 Å². The van der Waals surface area contributed by atoms with Gasteiger partial charge in [-0.05, 0) is 39.0 Å². The van der Waals surface area contributed by atoms with Gasteiger partial charge in [0.15, 0.2) is 0 Å². The van der Waals surface area contributed by atoms with Gasteiger partial charge in [-0.25, -0.2) is 9.97 Å². The highest BCUT2D eigenvalue weighted by Crippen LogP contribution is 2.20. The number of fused-ring (bicyclic) bond motifs is 1. The Kier molecular flexibility index (Phi) is 3.31. The van der Waals surface area contributed by atoms with Crippen molar-refractivity contribution in [3.63, 3.8) is 0 Å². The highest BCUT2D eigenvalue weighted by atomic mass is 79.9. The Balaban J connectivity index is 1.73. The molecule has 0 aromatic carbocycles. The van der Waals surface area contributed by atoms with Crippen LogP contribution in [0.5, 0.6) is 0 Å². The number of hydrogen-bond donors (Lipinski definition) is 1. The third-order valence-electron chi connectivity index (χ3n) is 2.54. The largest absolute Gasteiger partial charge is 0.347 e. The van der Waals surface area contributed by atoms with Gasteiger partial charge in [-0.15, -0.1) is 11.3 Å². The monoisotopic (exact) mass is 336 g/mol. The lowest BCUT2D eigenvalue weighted by Crippen LogP contribution is -2.22. The van der Waals surface area contributed by atoms with Crippen LogP contribution in [-0.2, 0) is 6.54 Å². The summed E-state index contributed by atoms with van der Waals surface area (Å²) in [4.78, 5) is 20.2. The van der Waals surface area contributed by atoms with Crippen molar-refractivity contribution in [3.05, 3.63) is 51.1 Å². The molecule has 1 N–H and O–H groups in total. The molecule has 0 saturated carbocycles. The van der Waals surface area contributed by atoms with Gasteiger partial charge < -0.3 is 5.32 Å². The molecule has 96 valence electrons. The fourth-order valence-corrected chi connectivity index (χ4v) is 2.86. The van der Waals surface area contributed by atoms with Crippen molar-refractivity contribution in [2.75, 3.05) is 0 Å². The van der Waals surface area contributed by atoms with Crippen LogP contribution in [0.4, 0.5) is 0 Å². The van der Waals surface area contributed by atoms with Gasteiger partial charge in [0, 0.05) is 25.1 Å². The molecule has 0 radical (unpaired) electrons. The number of aromatic nitrogens is 3. The first-order chi connectivity index (χ1) is 9.22. The molecule has 5 nitrogen and oxygen atoms in total. The van der Waals surface area contributed by atoms with E-state index in [1.54, 1.807) is 34.2 Å². The Morgan fingerprint density at radius 1 is 1.53 bits per heavy atom. The van der Waals surface area contributed by atoms with Crippen molar-refractivity contribution < 1.29 is 4.79 Å². The molecule has 3 aromatic heterocycles. The van der Waals surface area contributed by atoms with E-state index >= 15 is 0 Å². The summed E-state index contributed by atoms with van der Waals surface area (Å²) in [5, 5.41) is 4.83. The van der Waals surface area contributed by atoms with Crippen LogP contribution in [0.1, 0.15) is 16.1 Å². The Bertz CT molecular complexity index is 703. The fraction of sp³-hybridized carbons (Fsp3) is 0.0833. The van der Waals surface area contributed by atoms with Gasteiger partial charge in [0.25, 0.3) is 5.91 Å². The molecule has 0 atom stereocenters. The van der Waals surface area contributed by atoms with Crippen LogP contribution in [0.2, 0.25) is 0 Å². The van der Waals surface area contributed by atoms with Crippen LogP contribution < -0.4 is 5.32 Å². The number of nitrogens with zero attached hydrogens (tertiary/aromatic N) is 3. The van der Waals surface area contributed by atoms with E-state index in [1.807, 2.05) is 17.6 Å². The van der Waals surface area contributed by atoms with Crippen LogP contribution in [0, 0.1) is 0 Å². The standard InChI is InChI=1S/C12H9BrN4OS/c13-10-4-8(7-19-10)5-15-11(18)9-6-17-3-1-2-14-12(17)16-9/h1-4,6-7H,5H2,(H,15,18). The molecule has 0 unspecified atom stereocenters. The van der Waals surface area contributed by atoms with Crippen LogP contribution in [0.3, 0.4) is 0 Å². The molecule has 7 heteroatoms. The van der Waals surface area contributed by atoms with Gasteiger partial charge in [0.2, 0.25) is 5.78 Å². The zero-order chi connectivity index (χ0) is 13.2.